The monoisotopic (exact) mass is 298 g/mol. The number of benzene rings is 2. The summed E-state index contributed by atoms with van der Waals surface area (Å²) < 4.78 is 13.3. The third kappa shape index (κ3) is 4.20. The summed E-state index contributed by atoms with van der Waals surface area (Å²) >= 11 is 11.4. The summed E-state index contributed by atoms with van der Waals surface area (Å²) in [5.41, 5.74) is 1.72. The third-order valence-electron chi connectivity index (χ3n) is 2.84. The molecule has 0 aliphatic heterocycles. The highest BCUT2D eigenvalue weighted by Crippen LogP contribution is 2.18. The van der Waals surface area contributed by atoms with Gasteiger partial charge in [-0.15, -0.1) is 0 Å². The Balaban J connectivity index is 1.98. The van der Waals surface area contributed by atoms with E-state index < -0.39 is 11.9 Å². The van der Waals surface area contributed by atoms with Crippen LogP contribution in [-0.2, 0) is 12.8 Å². The lowest BCUT2D eigenvalue weighted by atomic mass is 10.0. The van der Waals surface area contributed by atoms with Gasteiger partial charge in [0.15, 0.2) is 0 Å². The normalized spacial score (nSPS) is 12.4. The van der Waals surface area contributed by atoms with Gasteiger partial charge in [-0.2, -0.15) is 0 Å². The van der Waals surface area contributed by atoms with Gasteiger partial charge in [0.25, 0.3) is 0 Å². The van der Waals surface area contributed by atoms with Crippen molar-refractivity contribution in [2.45, 2.75) is 18.9 Å². The van der Waals surface area contributed by atoms with Crippen LogP contribution in [0.3, 0.4) is 0 Å². The molecule has 1 N–H and O–H groups in total. The minimum atomic E-state index is -0.568. The lowest BCUT2D eigenvalue weighted by Gasteiger charge is -2.11. The zero-order chi connectivity index (χ0) is 13.8. The van der Waals surface area contributed by atoms with Gasteiger partial charge < -0.3 is 5.11 Å². The Bertz CT molecular complexity index is 555. The van der Waals surface area contributed by atoms with Crippen molar-refractivity contribution in [3.63, 3.8) is 0 Å². The van der Waals surface area contributed by atoms with Gasteiger partial charge in [0.05, 0.1) is 11.1 Å². The Morgan fingerprint density at radius 1 is 0.947 bits per heavy atom. The molecule has 0 bridgehead atoms. The van der Waals surface area contributed by atoms with Gasteiger partial charge in [-0.25, -0.2) is 4.39 Å². The molecule has 2 aromatic carbocycles. The zero-order valence-corrected chi connectivity index (χ0v) is 11.6. The summed E-state index contributed by atoms with van der Waals surface area (Å²) in [4.78, 5) is 0. The molecule has 0 aliphatic rings. The summed E-state index contributed by atoms with van der Waals surface area (Å²) in [5.74, 6) is -0.460. The first kappa shape index (κ1) is 14.3. The number of hydrogen-bond acceptors (Lipinski definition) is 1. The first-order valence-corrected chi connectivity index (χ1v) is 6.66. The molecule has 19 heavy (non-hydrogen) atoms. The molecular weight excluding hydrogens is 286 g/mol. The molecule has 0 aromatic heterocycles. The molecule has 0 amide bonds. The fourth-order valence-electron chi connectivity index (χ4n) is 1.90. The second-order valence-corrected chi connectivity index (χ2v) is 5.28. The van der Waals surface area contributed by atoms with Crippen LogP contribution >= 0.6 is 23.2 Å². The summed E-state index contributed by atoms with van der Waals surface area (Å²) in [6.45, 7) is 0. The van der Waals surface area contributed by atoms with Crippen LogP contribution in [0.1, 0.15) is 11.1 Å². The van der Waals surface area contributed by atoms with Crippen LogP contribution in [0, 0.1) is 5.82 Å². The number of aliphatic hydroxyl groups is 1. The maximum atomic E-state index is 13.3. The Labute approximate surface area is 121 Å². The average molecular weight is 299 g/mol. The van der Waals surface area contributed by atoms with Crippen molar-refractivity contribution in [2.24, 2.45) is 0 Å². The van der Waals surface area contributed by atoms with Crippen molar-refractivity contribution in [1.29, 1.82) is 0 Å². The smallest absolute Gasteiger partial charge is 0.142 e. The largest absolute Gasteiger partial charge is 0.392 e. The highest BCUT2D eigenvalue weighted by Gasteiger charge is 2.09. The number of hydrogen-bond donors (Lipinski definition) is 1. The van der Waals surface area contributed by atoms with Gasteiger partial charge >= 0.3 is 0 Å². The number of halogens is 3. The molecule has 4 heteroatoms. The minimum Gasteiger partial charge on any atom is -0.392 e. The first-order chi connectivity index (χ1) is 9.04. The van der Waals surface area contributed by atoms with Crippen LogP contribution in [-0.4, -0.2) is 11.2 Å². The van der Waals surface area contributed by atoms with Crippen LogP contribution in [0.5, 0.6) is 0 Å². The van der Waals surface area contributed by atoms with E-state index in [1.54, 1.807) is 18.2 Å². The molecule has 0 fully saturated rings. The Morgan fingerprint density at radius 3 is 2.16 bits per heavy atom. The molecule has 100 valence electrons. The molecule has 0 heterocycles. The quantitative estimate of drug-likeness (QED) is 0.893. The highest BCUT2D eigenvalue weighted by atomic mass is 35.5. The Hall–Kier alpha value is -1.09. The van der Waals surface area contributed by atoms with Crippen molar-refractivity contribution in [3.05, 3.63) is 69.5 Å². The van der Waals surface area contributed by atoms with E-state index in [1.165, 1.54) is 12.1 Å². The molecular formula is C15H13Cl2FO. The topological polar surface area (TPSA) is 20.2 Å². The van der Waals surface area contributed by atoms with E-state index in [2.05, 4.69) is 0 Å². The van der Waals surface area contributed by atoms with Crippen LogP contribution in [0.4, 0.5) is 4.39 Å². The fourth-order valence-corrected chi connectivity index (χ4v) is 2.15. The third-order valence-corrected chi connectivity index (χ3v) is 3.40. The highest BCUT2D eigenvalue weighted by molar-refractivity contribution is 6.30. The van der Waals surface area contributed by atoms with Gasteiger partial charge in [0.2, 0.25) is 0 Å². The van der Waals surface area contributed by atoms with E-state index in [9.17, 15) is 9.50 Å². The van der Waals surface area contributed by atoms with Gasteiger partial charge in [-0.3, -0.25) is 0 Å². The van der Waals surface area contributed by atoms with Crippen molar-refractivity contribution in [3.8, 4) is 0 Å². The maximum absolute atomic E-state index is 13.3. The summed E-state index contributed by atoms with van der Waals surface area (Å²) in [7, 11) is 0. The van der Waals surface area contributed by atoms with E-state index in [4.69, 9.17) is 23.2 Å². The van der Waals surface area contributed by atoms with Crippen LogP contribution in [0.25, 0.3) is 0 Å². The number of rotatable bonds is 4. The molecule has 1 atom stereocenters. The van der Waals surface area contributed by atoms with Crippen LogP contribution in [0.2, 0.25) is 10.0 Å². The molecule has 1 nitrogen and oxygen atoms in total. The molecule has 0 spiro atoms. The van der Waals surface area contributed by atoms with Crippen LogP contribution < -0.4 is 0 Å². The molecule has 0 saturated heterocycles. The molecule has 0 aliphatic carbocycles. The molecule has 0 radical (unpaired) electrons. The van der Waals surface area contributed by atoms with Crippen molar-refractivity contribution in [2.75, 3.05) is 0 Å². The summed E-state index contributed by atoms with van der Waals surface area (Å²) in [6, 6.07) is 11.9. The summed E-state index contributed by atoms with van der Waals surface area (Å²) in [6.07, 6.45) is 0.319. The van der Waals surface area contributed by atoms with E-state index in [0.29, 0.717) is 17.9 Å². The van der Waals surface area contributed by atoms with E-state index >= 15 is 0 Å². The van der Waals surface area contributed by atoms with Crippen molar-refractivity contribution in [1.82, 2.24) is 0 Å². The SMILES string of the molecule is OC(Cc1ccc(Cl)cc1)Cc1ccc(Cl)c(F)c1. The van der Waals surface area contributed by atoms with Gasteiger partial charge in [0.1, 0.15) is 5.82 Å². The van der Waals surface area contributed by atoms with Crippen molar-refractivity contribution >= 4 is 23.2 Å². The fraction of sp³-hybridized carbons (Fsp3) is 0.200. The predicted octanol–water partition coefficient (Wildman–Crippen LogP) is 4.28. The molecule has 0 saturated carbocycles. The molecule has 2 rings (SSSR count). The summed E-state index contributed by atoms with van der Waals surface area (Å²) in [5, 5.41) is 10.8. The first-order valence-electron chi connectivity index (χ1n) is 5.91. The van der Waals surface area contributed by atoms with E-state index in [-0.39, 0.29) is 5.02 Å². The number of aliphatic hydroxyl groups excluding tert-OH is 1. The van der Waals surface area contributed by atoms with Gasteiger partial charge in [0, 0.05) is 5.02 Å². The Morgan fingerprint density at radius 2 is 1.53 bits per heavy atom. The second-order valence-electron chi connectivity index (χ2n) is 4.44. The zero-order valence-electron chi connectivity index (χ0n) is 10.1. The predicted molar refractivity (Wildman–Crippen MR) is 76.3 cm³/mol. The standard InChI is InChI=1S/C15H13Cl2FO/c16-12-4-1-10(2-5-12)7-13(19)8-11-3-6-14(17)15(18)9-11/h1-6,9,13,19H,7-8H2. The lowest BCUT2D eigenvalue weighted by Crippen LogP contribution is -2.14. The van der Waals surface area contributed by atoms with Gasteiger partial charge in [-0.1, -0.05) is 41.4 Å². The van der Waals surface area contributed by atoms with E-state index in [1.807, 2.05) is 12.1 Å². The van der Waals surface area contributed by atoms with E-state index in [0.717, 1.165) is 11.1 Å². The lowest BCUT2D eigenvalue weighted by molar-refractivity contribution is 0.175. The van der Waals surface area contributed by atoms with Gasteiger partial charge in [-0.05, 0) is 48.2 Å². The van der Waals surface area contributed by atoms with Crippen LogP contribution in [0.15, 0.2) is 42.5 Å². The second kappa shape index (κ2) is 6.38. The maximum Gasteiger partial charge on any atom is 0.142 e. The van der Waals surface area contributed by atoms with Crippen molar-refractivity contribution < 1.29 is 9.50 Å². The average Bonchev–Trinajstić information content (AvgIpc) is 2.37. The minimum absolute atomic E-state index is 0.0935. The molecule has 2 aromatic rings. The molecule has 1 unspecified atom stereocenters. The Kier molecular flexibility index (Phi) is 4.81.